The molecule has 1 unspecified atom stereocenters. The maximum atomic E-state index is 13.6. The quantitative estimate of drug-likeness (QED) is 0.825. The normalized spacial score (nSPS) is 20.7. The van der Waals surface area contributed by atoms with Crippen molar-refractivity contribution in [1.82, 2.24) is 0 Å². The Morgan fingerprint density at radius 1 is 1.44 bits per heavy atom. The molecule has 0 radical (unpaired) electrons. The molecule has 1 aliphatic rings. The van der Waals surface area contributed by atoms with Crippen molar-refractivity contribution in [1.29, 1.82) is 0 Å². The van der Waals surface area contributed by atoms with Gasteiger partial charge < -0.3 is 5.73 Å². The highest BCUT2D eigenvalue weighted by Gasteiger charge is 2.12. The first-order valence-electron chi connectivity index (χ1n) is 5.54. The van der Waals surface area contributed by atoms with E-state index in [1.807, 2.05) is 12.1 Å². The molecule has 0 saturated carbocycles. The second-order valence-corrected chi connectivity index (χ2v) is 5.21. The van der Waals surface area contributed by atoms with E-state index in [9.17, 15) is 4.39 Å². The van der Waals surface area contributed by atoms with Crippen molar-refractivity contribution in [2.45, 2.75) is 31.7 Å². The van der Waals surface area contributed by atoms with Gasteiger partial charge in [-0.25, -0.2) is 4.39 Å². The van der Waals surface area contributed by atoms with Crippen LogP contribution in [-0.4, -0.2) is 6.04 Å². The Kier molecular flexibility index (Phi) is 3.77. The second kappa shape index (κ2) is 5.11. The van der Waals surface area contributed by atoms with Crippen molar-refractivity contribution < 1.29 is 4.39 Å². The minimum Gasteiger partial charge on any atom is -0.324 e. The molecule has 0 amide bonds. The van der Waals surface area contributed by atoms with E-state index in [0.29, 0.717) is 6.42 Å². The summed E-state index contributed by atoms with van der Waals surface area (Å²) in [4.78, 5) is 0. The molecular formula is C13H15BrFN. The van der Waals surface area contributed by atoms with Crippen LogP contribution in [0.3, 0.4) is 0 Å². The van der Waals surface area contributed by atoms with Crippen LogP contribution in [-0.2, 0) is 6.42 Å². The SMILES string of the molecule is NC1C=C(Cc2ccc(Br)cc2F)CCC1. The number of benzene rings is 1. The van der Waals surface area contributed by atoms with Gasteiger partial charge >= 0.3 is 0 Å². The lowest BCUT2D eigenvalue weighted by Crippen LogP contribution is -2.20. The minimum atomic E-state index is -0.144. The molecule has 3 heteroatoms. The molecule has 0 fully saturated rings. The van der Waals surface area contributed by atoms with Crippen LogP contribution >= 0.6 is 15.9 Å². The summed E-state index contributed by atoms with van der Waals surface area (Å²) in [6, 6.07) is 5.38. The topological polar surface area (TPSA) is 26.0 Å². The third-order valence-corrected chi connectivity index (χ3v) is 3.41. The third kappa shape index (κ3) is 2.92. The molecule has 0 aromatic heterocycles. The number of allylic oxidation sites excluding steroid dienone is 1. The molecule has 0 bridgehead atoms. The Morgan fingerprint density at radius 2 is 2.25 bits per heavy atom. The van der Waals surface area contributed by atoms with E-state index in [4.69, 9.17) is 5.73 Å². The van der Waals surface area contributed by atoms with E-state index in [2.05, 4.69) is 22.0 Å². The zero-order valence-electron chi connectivity index (χ0n) is 9.05. The van der Waals surface area contributed by atoms with Gasteiger partial charge in [0, 0.05) is 10.5 Å². The van der Waals surface area contributed by atoms with E-state index in [0.717, 1.165) is 29.3 Å². The van der Waals surface area contributed by atoms with Crippen molar-refractivity contribution in [3.63, 3.8) is 0 Å². The average Bonchev–Trinajstić information content (AvgIpc) is 2.22. The van der Waals surface area contributed by atoms with Crippen molar-refractivity contribution >= 4 is 15.9 Å². The van der Waals surface area contributed by atoms with Crippen LogP contribution in [0.2, 0.25) is 0 Å². The first kappa shape index (κ1) is 11.8. The molecule has 86 valence electrons. The molecule has 2 rings (SSSR count). The third-order valence-electron chi connectivity index (χ3n) is 2.92. The van der Waals surface area contributed by atoms with Crippen LogP contribution in [0.1, 0.15) is 24.8 Å². The summed E-state index contributed by atoms with van der Waals surface area (Å²) < 4.78 is 14.4. The number of rotatable bonds is 2. The first-order valence-corrected chi connectivity index (χ1v) is 6.33. The maximum Gasteiger partial charge on any atom is 0.127 e. The Labute approximate surface area is 104 Å². The fraction of sp³-hybridized carbons (Fsp3) is 0.385. The van der Waals surface area contributed by atoms with Gasteiger partial charge in [-0.05, 0) is 43.4 Å². The molecular weight excluding hydrogens is 269 g/mol. The average molecular weight is 284 g/mol. The summed E-state index contributed by atoms with van der Waals surface area (Å²) in [5, 5.41) is 0. The predicted molar refractivity (Wildman–Crippen MR) is 67.7 cm³/mol. The van der Waals surface area contributed by atoms with E-state index in [1.54, 1.807) is 0 Å². The number of halogens is 2. The summed E-state index contributed by atoms with van der Waals surface area (Å²) in [5.41, 5.74) is 7.88. The van der Waals surface area contributed by atoms with Crippen LogP contribution in [0.25, 0.3) is 0 Å². The largest absolute Gasteiger partial charge is 0.324 e. The summed E-state index contributed by atoms with van der Waals surface area (Å²) in [5.74, 6) is -0.144. The molecule has 1 aromatic rings. The van der Waals surface area contributed by atoms with Gasteiger partial charge in [0.2, 0.25) is 0 Å². The van der Waals surface area contributed by atoms with E-state index in [-0.39, 0.29) is 11.9 Å². The molecule has 1 atom stereocenters. The molecule has 0 saturated heterocycles. The standard InChI is InChI=1S/C13H15BrFN/c14-11-5-4-10(13(15)8-11)6-9-2-1-3-12(16)7-9/h4-5,7-8,12H,1-3,6,16H2. The molecule has 1 aliphatic carbocycles. The fourth-order valence-electron chi connectivity index (χ4n) is 2.09. The van der Waals surface area contributed by atoms with Gasteiger partial charge in [0.15, 0.2) is 0 Å². The van der Waals surface area contributed by atoms with Gasteiger partial charge in [-0.1, -0.05) is 33.6 Å². The lowest BCUT2D eigenvalue weighted by Gasteiger charge is -2.18. The highest BCUT2D eigenvalue weighted by Crippen LogP contribution is 2.23. The Bertz CT molecular complexity index is 414. The molecule has 2 N–H and O–H groups in total. The Balaban J connectivity index is 2.14. The monoisotopic (exact) mass is 283 g/mol. The Morgan fingerprint density at radius 3 is 2.94 bits per heavy atom. The lowest BCUT2D eigenvalue weighted by atomic mass is 9.92. The van der Waals surface area contributed by atoms with Crippen LogP contribution in [0.4, 0.5) is 4.39 Å². The second-order valence-electron chi connectivity index (χ2n) is 4.29. The molecule has 0 aliphatic heterocycles. The van der Waals surface area contributed by atoms with E-state index >= 15 is 0 Å². The van der Waals surface area contributed by atoms with Gasteiger partial charge in [0.1, 0.15) is 5.82 Å². The number of hydrogen-bond donors (Lipinski definition) is 1. The fourth-order valence-corrected chi connectivity index (χ4v) is 2.42. The first-order chi connectivity index (χ1) is 7.65. The zero-order valence-corrected chi connectivity index (χ0v) is 10.6. The van der Waals surface area contributed by atoms with Crippen molar-refractivity contribution in [2.75, 3.05) is 0 Å². The molecule has 0 spiro atoms. The number of nitrogens with two attached hydrogens (primary N) is 1. The predicted octanol–water partition coefficient (Wildman–Crippen LogP) is 3.57. The van der Waals surface area contributed by atoms with Gasteiger partial charge in [-0.15, -0.1) is 0 Å². The van der Waals surface area contributed by atoms with Crippen LogP contribution in [0.5, 0.6) is 0 Å². The summed E-state index contributed by atoms with van der Waals surface area (Å²) >= 11 is 3.26. The molecule has 16 heavy (non-hydrogen) atoms. The molecule has 1 aromatic carbocycles. The zero-order chi connectivity index (χ0) is 11.5. The van der Waals surface area contributed by atoms with E-state index < -0.39 is 0 Å². The van der Waals surface area contributed by atoms with Crippen molar-refractivity contribution in [2.24, 2.45) is 5.73 Å². The van der Waals surface area contributed by atoms with Crippen LogP contribution in [0, 0.1) is 5.82 Å². The summed E-state index contributed by atoms with van der Waals surface area (Å²) in [6.07, 6.45) is 5.98. The lowest BCUT2D eigenvalue weighted by molar-refractivity contribution is 0.595. The summed E-state index contributed by atoms with van der Waals surface area (Å²) in [6.45, 7) is 0. The Hall–Kier alpha value is -0.670. The smallest absolute Gasteiger partial charge is 0.127 e. The van der Waals surface area contributed by atoms with Gasteiger partial charge in [0.25, 0.3) is 0 Å². The number of hydrogen-bond acceptors (Lipinski definition) is 1. The van der Waals surface area contributed by atoms with Gasteiger partial charge in [-0.3, -0.25) is 0 Å². The maximum absolute atomic E-state index is 13.6. The molecule has 1 nitrogen and oxygen atoms in total. The van der Waals surface area contributed by atoms with Gasteiger partial charge in [0.05, 0.1) is 0 Å². The van der Waals surface area contributed by atoms with Crippen molar-refractivity contribution in [3.05, 3.63) is 45.7 Å². The van der Waals surface area contributed by atoms with Gasteiger partial charge in [-0.2, -0.15) is 0 Å². The molecule has 0 heterocycles. The van der Waals surface area contributed by atoms with Crippen molar-refractivity contribution in [3.8, 4) is 0 Å². The summed E-state index contributed by atoms with van der Waals surface area (Å²) in [7, 11) is 0. The van der Waals surface area contributed by atoms with Crippen LogP contribution in [0.15, 0.2) is 34.3 Å². The minimum absolute atomic E-state index is 0.144. The highest BCUT2D eigenvalue weighted by molar-refractivity contribution is 9.10. The van der Waals surface area contributed by atoms with E-state index in [1.165, 1.54) is 11.6 Å². The highest BCUT2D eigenvalue weighted by atomic mass is 79.9. The van der Waals surface area contributed by atoms with Crippen LogP contribution < -0.4 is 5.73 Å².